The minimum atomic E-state index is 0.0652. The zero-order valence-corrected chi connectivity index (χ0v) is 19.3. The number of ether oxygens (including phenoxy) is 1. The molecule has 1 fully saturated rings. The van der Waals surface area contributed by atoms with E-state index in [-0.39, 0.29) is 5.91 Å². The Morgan fingerprint density at radius 1 is 1.19 bits per heavy atom. The van der Waals surface area contributed by atoms with Crippen molar-refractivity contribution in [2.45, 2.75) is 71.4 Å². The molecular weight excluding hydrogens is 390 g/mol. The molecule has 1 saturated heterocycles. The molecule has 0 bridgehead atoms. The summed E-state index contributed by atoms with van der Waals surface area (Å²) in [5, 5.41) is 3.95. The van der Waals surface area contributed by atoms with Crippen molar-refractivity contribution in [1.82, 2.24) is 15.0 Å². The highest BCUT2D eigenvalue weighted by molar-refractivity contribution is 5.96. The van der Waals surface area contributed by atoms with Gasteiger partial charge in [0.05, 0.1) is 12.8 Å². The number of rotatable bonds is 6. The maximum absolute atomic E-state index is 13.0. The van der Waals surface area contributed by atoms with Crippen LogP contribution in [0, 0.1) is 13.8 Å². The number of benzene rings is 1. The van der Waals surface area contributed by atoms with Crippen LogP contribution in [-0.4, -0.2) is 59.7 Å². The molecule has 1 aliphatic carbocycles. The van der Waals surface area contributed by atoms with Crippen LogP contribution in [0.15, 0.2) is 22.7 Å². The summed E-state index contributed by atoms with van der Waals surface area (Å²) < 4.78 is 10.7. The first-order valence-electron chi connectivity index (χ1n) is 11.7. The van der Waals surface area contributed by atoms with Gasteiger partial charge in [-0.2, -0.15) is 0 Å². The Balaban J connectivity index is 1.42. The molecule has 1 aromatic carbocycles. The maximum Gasteiger partial charge on any atom is 0.259 e. The minimum Gasteiger partial charge on any atom is -0.497 e. The topological polar surface area (TPSA) is 58.8 Å². The first-order valence-corrected chi connectivity index (χ1v) is 11.7. The fraction of sp³-hybridized carbons (Fsp3) is 0.600. The predicted octanol–water partition coefficient (Wildman–Crippen LogP) is 4.17. The highest BCUT2D eigenvalue weighted by Gasteiger charge is 2.33. The molecular formula is C25H35N3O3. The Morgan fingerprint density at radius 3 is 2.61 bits per heavy atom. The average Bonchev–Trinajstić information content (AvgIpc) is 3.14. The summed E-state index contributed by atoms with van der Waals surface area (Å²) >= 11 is 0. The molecule has 2 aromatic rings. The molecule has 4 rings (SSSR count). The van der Waals surface area contributed by atoms with Crippen molar-refractivity contribution in [3.63, 3.8) is 0 Å². The van der Waals surface area contributed by atoms with Crippen LogP contribution in [0.25, 0.3) is 0 Å². The molecule has 0 N–H and O–H groups in total. The molecule has 1 amide bonds. The van der Waals surface area contributed by atoms with Gasteiger partial charge in [0.1, 0.15) is 17.1 Å². The summed E-state index contributed by atoms with van der Waals surface area (Å²) in [4.78, 5) is 17.7. The third kappa shape index (κ3) is 4.49. The van der Waals surface area contributed by atoms with Gasteiger partial charge in [-0.05, 0) is 82.2 Å². The third-order valence-electron chi connectivity index (χ3n) is 7.03. The summed E-state index contributed by atoms with van der Waals surface area (Å²) in [5.41, 5.74) is 4.23. The van der Waals surface area contributed by atoms with Crippen LogP contribution in [-0.2, 0) is 12.8 Å². The normalized spacial score (nSPS) is 19.5. The number of methoxy groups -OCH3 is 1. The number of hydrogen-bond acceptors (Lipinski definition) is 5. The molecule has 0 radical (unpaired) electrons. The van der Waals surface area contributed by atoms with E-state index < -0.39 is 0 Å². The van der Waals surface area contributed by atoms with E-state index in [1.54, 1.807) is 7.11 Å². The van der Waals surface area contributed by atoms with Gasteiger partial charge in [0.15, 0.2) is 0 Å². The number of hydrogen-bond donors (Lipinski definition) is 0. The van der Waals surface area contributed by atoms with E-state index in [1.807, 2.05) is 18.7 Å². The lowest BCUT2D eigenvalue weighted by Crippen LogP contribution is -2.51. The van der Waals surface area contributed by atoms with Crippen LogP contribution in [0.4, 0.5) is 0 Å². The Kier molecular flexibility index (Phi) is 6.65. The summed E-state index contributed by atoms with van der Waals surface area (Å²) in [5.74, 6) is 1.64. The number of aryl methyl sites for hydroxylation is 3. The van der Waals surface area contributed by atoms with Crippen molar-refractivity contribution >= 4 is 5.91 Å². The van der Waals surface area contributed by atoms with Gasteiger partial charge >= 0.3 is 0 Å². The SMILES string of the molecule is CCCN(C1CCN(C(=O)c2c(C)noc2C)CC1)C1CCc2ccc(OC)cc2C1. The standard InChI is InChI=1S/C25H35N3O3/c1-5-12-28(22-8-6-19-7-9-23(30-4)16-20(19)15-22)21-10-13-27(14-11-21)25(29)24-17(2)26-31-18(24)3/h7,9,16,21-22H,5-6,8,10-15H2,1-4H3. The number of aromatic nitrogens is 1. The second-order valence-electron chi connectivity index (χ2n) is 8.99. The van der Waals surface area contributed by atoms with Crippen LogP contribution >= 0.6 is 0 Å². The van der Waals surface area contributed by atoms with Crippen LogP contribution in [0.1, 0.15) is 65.5 Å². The molecule has 31 heavy (non-hydrogen) atoms. The van der Waals surface area contributed by atoms with Gasteiger partial charge in [0.25, 0.3) is 5.91 Å². The van der Waals surface area contributed by atoms with Crippen molar-refractivity contribution in [2.24, 2.45) is 0 Å². The zero-order valence-electron chi connectivity index (χ0n) is 19.3. The lowest BCUT2D eigenvalue weighted by Gasteiger charge is -2.44. The molecule has 0 spiro atoms. The van der Waals surface area contributed by atoms with Crippen molar-refractivity contribution in [3.8, 4) is 5.75 Å². The average molecular weight is 426 g/mol. The van der Waals surface area contributed by atoms with Gasteiger partial charge in [-0.15, -0.1) is 0 Å². The van der Waals surface area contributed by atoms with E-state index >= 15 is 0 Å². The zero-order chi connectivity index (χ0) is 22.0. The summed E-state index contributed by atoms with van der Waals surface area (Å²) in [6.07, 6.45) is 6.63. The van der Waals surface area contributed by atoms with E-state index in [2.05, 4.69) is 35.2 Å². The molecule has 0 saturated carbocycles. The Bertz CT molecular complexity index is 895. The molecule has 2 heterocycles. The van der Waals surface area contributed by atoms with Crippen LogP contribution in [0.3, 0.4) is 0 Å². The highest BCUT2D eigenvalue weighted by Crippen LogP contribution is 2.31. The molecule has 1 unspecified atom stereocenters. The molecule has 1 atom stereocenters. The molecule has 2 aliphatic rings. The highest BCUT2D eigenvalue weighted by atomic mass is 16.5. The minimum absolute atomic E-state index is 0.0652. The molecule has 168 valence electrons. The lowest BCUT2D eigenvalue weighted by atomic mass is 9.85. The Morgan fingerprint density at radius 2 is 1.97 bits per heavy atom. The van der Waals surface area contributed by atoms with Gasteiger partial charge in [0.2, 0.25) is 0 Å². The van der Waals surface area contributed by atoms with E-state index in [0.29, 0.717) is 29.1 Å². The van der Waals surface area contributed by atoms with Crippen molar-refractivity contribution < 1.29 is 14.1 Å². The van der Waals surface area contributed by atoms with Gasteiger partial charge in [0, 0.05) is 25.2 Å². The number of nitrogens with zero attached hydrogens (tertiary/aromatic N) is 3. The van der Waals surface area contributed by atoms with Crippen molar-refractivity contribution in [1.29, 1.82) is 0 Å². The molecule has 1 aliphatic heterocycles. The lowest BCUT2D eigenvalue weighted by molar-refractivity contribution is 0.0505. The smallest absolute Gasteiger partial charge is 0.259 e. The van der Waals surface area contributed by atoms with Crippen LogP contribution < -0.4 is 4.74 Å². The fourth-order valence-electron chi connectivity index (χ4n) is 5.39. The van der Waals surface area contributed by atoms with Gasteiger partial charge < -0.3 is 14.2 Å². The van der Waals surface area contributed by atoms with Crippen LogP contribution in [0.5, 0.6) is 5.75 Å². The van der Waals surface area contributed by atoms with Crippen LogP contribution in [0.2, 0.25) is 0 Å². The van der Waals surface area contributed by atoms with Gasteiger partial charge in [-0.25, -0.2) is 0 Å². The number of likely N-dealkylation sites (tertiary alicyclic amines) is 1. The van der Waals surface area contributed by atoms with Crippen molar-refractivity contribution in [3.05, 3.63) is 46.3 Å². The van der Waals surface area contributed by atoms with Gasteiger partial charge in [-0.1, -0.05) is 18.1 Å². The van der Waals surface area contributed by atoms with Crippen molar-refractivity contribution in [2.75, 3.05) is 26.7 Å². The summed E-state index contributed by atoms with van der Waals surface area (Å²) in [6.45, 7) is 8.64. The number of fused-ring (bicyclic) bond motifs is 1. The second-order valence-corrected chi connectivity index (χ2v) is 8.99. The molecule has 1 aromatic heterocycles. The Hall–Kier alpha value is -2.34. The second kappa shape index (κ2) is 9.43. The molecule has 6 heteroatoms. The maximum atomic E-state index is 13.0. The van der Waals surface area contributed by atoms with E-state index in [1.165, 1.54) is 17.5 Å². The first-order chi connectivity index (χ1) is 15.0. The van der Waals surface area contributed by atoms with Gasteiger partial charge in [-0.3, -0.25) is 9.69 Å². The number of amides is 1. The predicted molar refractivity (Wildman–Crippen MR) is 121 cm³/mol. The third-order valence-corrected chi connectivity index (χ3v) is 7.03. The number of carbonyl (C=O) groups excluding carboxylic acids is 1. The summed E-state index contributed by atoms with van der Waals surface area (Å²) in [6, 6.07) is 7.62. The monoisotopic (exact) mass is 425 g/mol. The number of piperidine rings is 1. The summed E-state index contributed by atoms with van der Waals surface area (Å²) in [7, 11) is 1.74. The quantitative estimate of drug-likeness (QED) is 0.695. The van der Waals surface area contributed by atoms with E-state index in [4.69, 9.17) is 9.26 Å². The van der Waals surface area contributed by atoms with E-state index in [0.717, 1.165) is 57.5 Å². The molecule has 6 nitrogen and oxygen atoms in total. The number of carbonyl (C=O) groups is 1. The Labute approximate surface area is 185 Å². The fourth-order valence-corrected chi connectivity index (χ4v) is 5.39. The van der Waals surface area contributed by atoms with E-state index in [9.17, 15) is 4.79 Å². The first kappa shape index (κ1) is 21.9. The largest absolute Gasteiger partial charge is 0.497 e.